The normalized spacial score (nSPS) is 14.0. The molecule has 2 aromatic carbocycles. The van der Waals surface area contributed by atoms with Crippen LogP contribution >= 0.6 is 0 Å². The van der Waals surface area contributed by atoms with E-state index in [-0.39, 0.29) is 24.0 Å². The topological polar surface area (TPSA) is 96.8 Å². The average Bonchev–Trinajstić information content (AvgIpc) is 3.50. The lowest BCUT2D eigenvalue weighted by atomic mass is 9.93. The molecule has 1 aliphatic rings. The summed E-state index contributed by atoms with van der Waals surface area (Å²) in [6.45, 7) is 8.10. The second kappa shape index (κ2) is 11.3. The zero-order valence-corrected chi connectivity index (χ0v) is 23.1. The number of rotatable bonds is 8. The summed E-state index contributed by atoms with van der Waals surface area (Å²) < 4.78 is 11.8. The number of anilines is 1. The van der Waals surface area contributed by atoms with Crippen LogP contribution in [0.1, 0.15) is 82.3 Å². The smallest absolute Gasteiger partial charge is 0.291 e. The van der Waals surface area contributed by atoms with Crippen molar-refractivity contribution in [3.8, 4) is 0 Å². The number of furan rings is 2. The highest BCUT2D eigenvalue weighted by Gasteiger charge is 2.28. The van der Waals surface area contributed by atoms with E-state index in [0.29, 0.717) is 6.42 Å². The van der Waals surface area contributed by atoms with Crippen LogP contribution in [0.5, 0.6) is 0 Å². The Morgan fingerprint density at radius 2 is 1.79 bits per heavy atom. The SMILES string of the molecule is CCCCc1ccc(NC(=O)c2oc3c(c2C)/C(=N/NC(=O)Cc2coc4c(C)c(C)ccc24)CCC3)cc1. The number of benzene rings is 2. The number of nitrogens with zero attached hydrogens (tertiary/aromatic N) is 1. The maximum atomic E-state index is 13.1. The Kier molecular flexibility index (Phi) is 7.68. The van der Waals surface area contributed by atoms with Crippen LogP contribution in [0.2, 0.25) is 0 Å². The van der Waals surface area contributed by atoms with Gasteiger partial charge in [-0.3, -0.25) is 9.59 Å². The molecule has 2 heterocycles. The first-order valence-corrected chi connectivity index (χ1v) is 13.7. The Balaban J connectivity index is 1.28. The molecule has 0 unspecified atom stereocenters. The number of unbranched alkanes of at least 4 members (excludes halogenated alkanes) is 1. The van der Waals surface area contributed by atoms with Gasteiger partial charge < -0.3 is 14.2 Å². The van der Waals surface area contributed by atoms with Gasteiger partial charge in [-0.15, -0.1) is 0 Å². The first-order valence-electron chi connectivity index (χ1n) is 13.7. The maximum Gasteiger partial charge on any atom is 0.291 e. The van der Waals surface area contributed by atoms with Crippen molar-refractivity contribution < 1.29 is 18.4 Å². The first kappa shape index (κ1) is 26.5. The molecule has 0 atom stereocenters. The number of amides is 2. The fourth-order valence-corrected chi connectivity index (χ4v) is 5.19. The van der Waals surface area contributed by atoms with Crippen LogP contribution in [0.25, 0.3) is 11.0 Å². The number of hydrogen-bond acceptors (Lipinski definition) is 5. The molecule has 0 saturated heterocycles. The molecule has 39 heavy (non-hydrogen) atoms. The minimum atomic E-state index is -0.288. The molecule has 0 fully saturated rings. The van der Waals surface area contributed by atoms with E-state index in [4.69, 9.17) is 8.83 Å². The van der Waals surface area contributed by atoms with Crippen LogP contribution in [-0.4, -0.2) is 17.5 Å². The number of fused-ring (bicyclic) bond motifs is 2. The van der Waals surface area contributed by atoms with Gasteiger partial charge in [-0.2, -0.15) is 5.10 Å². The summed E-state index contributed by atoms with van der Waals surface area (Å²) in [5.74, 6) is 0.506. The molecule has 1 aliphatic carbocycles. The van der Waals surface area contributed by atoms with E-state index in [1.165, 1.54) is 5.56 Å². The fourth-order valence-electron chi connectivity index (χ4n) is 5.19. The maximum absolute atomic E-state index is 13.1. The molecule has 202 valence electrons. The Labute approximate surface area is 228 Å². The van der Waals surface area contributed by atoms with Crippen molar-refractivity contribution in [1.29, 1.82) is 0 Å². The third-order valence-corrected chi connectivity index (χ3v) is 7.57. The van der Waals surface area contributed by atoms with E-state index in [1.54, 1.807) is 6.26 Å². The molecule has 2 N–H and O–H groups in total. The molecular weight excluding hydrogens is 490 g/mol. The summed E-state index contributed by atoms with van der Waals surface area (Å²) in [7, 11) is 0. The Bertz CT molecular complexity index is 1560. The highest BCUT2D eigenvalue weighted by Crippen LogP contribution is 2.31. The van der Waals surface area contributed by atoms with Crippen molar-refractivity contribution in [3.05, 3.63) is 87.6 Å². The van der Waals surface area contributed by atoms with E-state index in [2.05, 4.69) is 22.8 Å². The van der Waals surface area contributed by atoms with Crippen molar-refractivity contribution in [1.82, 2.24) is 5.43 Å². The van der Waals surface area contributed by atoms with Gasteiger partial charge in [0.1, 0.15) is 11.3 Å². The van der Waals surface area contributed by atoms with Crippen LogP contribution in [-0.2, 0) is 24.1 Å². The number of aryl methyl sites for hydroxylation is 4. The quantitative estimate of drug-likeness (QED) is 0.243. The third kappa shape index (κ3) is 5.53. The van der Waals surface area contributed by atoms with Gasteiger partial charge in [0.15, 0.2) is 5.76 Å². The first-order chi connectivity index (χ1) is 18.9. The van der Waals surface area contributed by atoms with Crippen LogP contribution < -0.4 is 10.7 Å². The number of hydrogen-bond donors (Lipinski definition) is 2. The van der Waals surface area contributed by atoms with Gasteiger partial charge in [-0.05, 0) is 75.3 Å². The largest absolute Gasteiger partial charge is 0.464 e. The summed E-state index contributed by atoms with van der Waals surface area (Å²) >= 11 is 0. The molecule has 7 heteroatoms. The highest BCUT2D eigenvalue weighted by molar-refractivity contribution is 6.09. The molecule has 2 amide bonds. The van der Waals surface area contributed by atoms with E-state index in [1.807, 2.05) is 57.2 Å². The molecular formula is C32H35N3O4. The van der Waals surface area contributed by atoms with Crippen molar-refractivity contribution in [3.63, 3.8) is 0 Å². The van der Waals surface area contributed by atoms with Crippen LogP contribution in [0.4, 0.5) is 5.69 Å². The molecule has 5 rings (SSSR count). The van der Waals surface area contributed by atoms with E-state index >= 15 is 0 Å². The number of carbonyl (C=O) groups excluding carboxylic acids is 2. The van der Waals surface area contributed by atoms with Gasteiger partial charge in [-0.25, -0.2) is 5.43 Å². The molecule has 0 spiro atoms. The molecule has 0 radical (unpaired) electrons. The summed E-state index contributed by atoms with van der Waals surface area (Å²) in [5.41, 5.74) is 10.9. The minimum absolute atomic E-state index is 0.161. The molecule has 0 aliphatic heterocycles. The molecule has 0 saturated carbocycles. The van der Waals surface area contributed by atoms with E-state index in [9.17, 15) is 9.59 Å². The number of carbonyl (C=O) groups is 2. The zero-order chi connectivity index (χ0) is 27.5. The lowest BCUT2D eigenvalue weighted by Crippen LogP contribution is -2.23. The zero-order valence-electron chi connectivity index (χ0n) is 23.1. The van der Waals surface area contributed by atoms with E-state index < -0.39 is 0 Å². The molecule has 0 bridgehead atoms. The Morgan fingerprint density at radius 1 is 1.00 bits per heavy atom. The van der Waals surface area contributed by atoms with Gasteiger partial charge >= 0.3 is 0 Å². The highest BCUT2D eigenvalue weighted by atomic mass is 16.4. The Hall–Kier alpha value is -4.13. The van der Waals surface area contributed by atoms with Crippen molar-refractivity contribution >= 4 is 34.2 Å². The van der Waals surface area contributed by atoms with Crippen molar-refractivity contribution in [2.45, 2.75) is 72.6 Å². The van der Waals surface area contributed by atoms with Gasteiger partial charge in [-0.1, -0.05) is 37.6 Å². The molecule has 4 aromatic rings. The number of nitrogens with one attached hydrogen (secondary N) is 2. The van der Waals surface area contributed by atoms with Crippen LogP contribution in [0.3, 0.4) is 0 Å². The summed E-state index contributed by atoms with van der Waals surface area (Å²) in [6.07, 6.45) is 7.39. The molecule has 2 aromatic heterocycles. The van der Waals surface area contributed by atoms with Crippen molar-refractivity contribution in [2.75, 3.05) is 5.32 Å². The molecule has 7 nitrogen and oxygen atoms in total. The van der Waals surface area contributed by atoms with Gasteiger partial charge in [0, 0.05) is 34.2 Å². The average molecular weight is 526 g/mol. The lowest BCUT2D eigenvalue weighted by molar-refractivity contribution is -0.120. The van der Waals surface area contributed by atoms with E-state index in [0.717, 1.165) is 88.0 Å². The van der Waals surface area contributed by atoms with Crippen LogP contribution in [0.15, 0.2) is 56.6 Å². The van der Waals surface area contributed by atoms with Gasteiger partial charge in [0.25, 0.3) is 5.91 Å². The second-order valence-electron chi connectivity index (χ2n) is 10.4. The second-order valence-corrected chi connectivity index (χ2v) is 10.4. The summed E-state index contributed by atoms with van der Waals surface area (Å²) in [5, 5.41) is 8.36. The van der Waals surface area contributed by atoms with Crippen molar-refractivity contribution in [2.24, 2.45) is 5.10 Å². The Morgan fingerprint density at radius 3 is 2.56 bits per heavy atom. The number of hydrazone groups is 1. The summed E-state index contributed by atoms with van der Waals surface area (Å²) in [6, 6.07) is 12.0. The standard InChI is InChI=1S/C32H35N3O4/c1-5-6-8-22-12-14-24(15-13-22)33-32(37)31-21(4)29-26(9-7-10-27(29)39-31)34-35-28(36)17-23-18-38-30-20(3)19(2)11-16-25(23)30/h11-16,18H,5-10,17H2,1-4H3,(H,33,37)(H,35,36)/b34-26+. The fraction of sp³-hybridized carbons (Fsp3) is 0.344. The van der Waals surface area contributed by atoms with Crippen LogP contribution in [0, 0.1) is 20.8 Å². The lowest BCUT2D eigenvalue weighted by Gasteiger charge is -2.13. The third-order valence-electron chi connectivity index (χ3n) is 7.57. The van der Waals surface area contributed by atoms with Gasteiger partial charge in [0.2, 0.25) is 5.91 Å². The van der Waals surface area contributed by atoms with Gasteiger partial charge in [0.05, 0.1) is 18.4 Å². The summed E-state index contributed by atoms with van der Waals surface area (Å²) in [4.78, 5) is 25.9. The predicted octanol–water partition coefficient (Wildman–Crippen LogP) is 6.95. The predicted molar refractivity (Wildman–Crippen MR) is 153 cm³/mol. The monoisotopic (exact) mass is 525 g/mol. The minimum Gasteiger partial charge on any atom is -0.464 e.